The summed E-state index contributed by atoms with van der Waals surface area (Å²) in [5.41, 5.74) is 0. The molecule has 2 saturated heterocycles. The van der Waals surface area contributed by atoms with Crippen LogP contribution in [0.1, 0.15) is 51.4 Å². The van der Waals surface area contributed by atoms with Gasteiger partial charge in [-0.25, -0.2) is 0 Å². The molecule has 0 aromatic heterocycles. The molecular formula is C16H28BN3O4. The second-order valence-electron chi connectivity index (χ2n) is 7.39. The number of nitrogens with zero attached hydrogens (tertiary/aromatic N) is 1. The molecule has 0 unspecified atom stereocenters. The van der Waals surface area contributed by atoms with Crippen LogP contribution < -0.4 is 10.6 Å². The van der Waals surface area contributed by atoms with Crippen molar-refractivity contribution in [1.29, 1.82) is 0 Å². The molecule has 0 bridgehead atoms. The van der Waals surface area contributed by atoms with Crippen molar-refractivity contribution in [2.75, 3.05) is 13.1 Å². The lowest BCUT2D eigenvalue weighted by atomic mass is 9.77. The maximum atomic E-state index is 12.6. The van der Waals surface area contributed by atoms with E-state index in [2.05, 4.69) is 10.6 Å². The fourth-order valence-electron chi connectivity index (χ4n) is 4.29. The Morgan fingerprint density at radius 1 is 1.08 bits per heavy atom. The molecule has 3 aliphatic rings. The summed E-state index contributed by atoms with van der Waals surface area (Å²) >= 11 is 0. The molecule has 0 aromatic rings. The highest BCUT2D eigenvalue weighted by atomic mass is 16.4. The first-order chi connectivity index (χ1) is 11.6. The average molecular weight is 337 g/mol. The van der Waals surface area contributed by atoms with E-state index in [1.165, 1.54) is 6.42 Å². The third-order valence-electron chi connectivity index (χ3n) is 5.68. The van der Waals surface area contributed by atoms with Gasteiger partial charge in [-0.1, -0.05) is 19.3 Å². The second kappa shape index (κ2) is 7.84. The van der Waals surface area contributed by atoms with Gasteiger partial charge in [0.1, 0.15) is 0 Å². The Labute approximate surface area is 143 Å². The number of carbonyl (C=O) groups excluding carboxylic acids is 2. The van der Waals surface area contributed by atoms with Crippen LogP contribution in [0.5, 0.6) is 0 Å². The summed E-state index contributed by atoms with van der Waals surface area (Å²) in [6.07, 6.45) is 7.40. The van der Waals surface area contributed by atoms with Gasteiger partial charge < -0.3 is 25.6 Å². The van der Waals surface area contributed by atoms with Crippen molar-refractivity contribution in [2.24, 2.45) is 5.92 Å². The molecule has 4 N–H and O–H groups in total. The van der Waals surface area contributed by atoms with E-state index in [-0.39, 0.29) is 29.8 Å². The van der Waals surface area contributed by atoms with E-state index in [1.54, 1.807) is 4.90 Å². The summed E-state index contributed by atoms with van der Waals surface area (Å²) < 4.78 is 0. The van der Waals surface area contributed by atoms with Crippen molar-refractivity contribution in [3.8, 4) is 0 Å². The average Bonchev–Trinajstić information content (AvgIpc) is 3.24. The van der Waals surface area contributed by atoms with Crippen LogP contribution in [-0.2, 0) is 9.59 Å². The first-order valence-electron chi connectivity index (χ1n) is 9.26. The van der Waals surface area contributed by atoms with Crippen LogP contribution >= 0.6 is 0 Å². The number of rotatable bonds is 4. The molecule has 2 aliphatic heterocycles. The van der Waals surface area contributed by atoms with Gasteiger partial charge in [0.25, 0.3) is 0 Å². The molecule has 7 nitrogen and oxygen atoms in total. The van der Waals surface area contributed by atoms with Crippen molar-refractivity contribution < 1.29 is 19.6 Å². The third kappa shape index (κ3) is 3.92. The Bertz CT molecular complexity index is 470. The standard InChI is InChI=1S/C16H28BN3O4/c21-15(11-5-2-1-3-6-11)19-12-9-13(18-10-12)16(22)20-8-4-7-14(20)17(23)24/h11-14,18,23-24H,1-10H2,(H,19,21)/t12-,13+,14+/m1/s1. The first kappa shape index (κ1) is 17.7. The van der Waals surface area contributed by atoms with E-state index in [4.69, 9.17) is 0 Å². The Morgan fingerprint density at radius 3 is 2.54 bits per heavy atom. The largest absolute Gasteiger partial charge is 0.475 e. The Balaban J connectivity index is 1.49. The smallest absolute Gasteiger partial charge is 0.426 e. The van der Waals surface area contributed by atoms with Gasteiger partial charge in [-0.2, -0.15) is 0 Å². The van der Waals surface area contributed by atoms with Gasteiger partial charge in [-0.05, 0) is 32.1 Å². The third-order valence-corrected chi connectivity index (χ3v) is 5.68. The van der Waals surface area contributed by atoms with E-state index in [0.717, 1.165) is 32.1 Å². The molecular weight excluding hydrogens is 309 g/mol. The molecule has 1 saturated carbocycles. The SMILES string of the molecule is O=C(N[C@H]1CN[C@H](C(=O)N2CCC[C@H]2B(O)O)C1)C1CCCCC1. The van der Waals surface area contributed by atoms with Gasteiger partial charge in [0.15, 0.2) is 0 Å². The summed E-state index contributed by atoms with van der Waals surface area (Å²) in [4.78, 5) is 26.5. The minimum atomic E-state index is -1.49. The van der Waals surface area contributed by atoms with Gasteiger partial charge in [0.2, 0.25) is 11.8 Å². The predicted molar refractivity (Wildman–Crippen MR) is 89.8 cm³/mol. The zero-order valence-electron chi connectivity index (χ0n) is 14.1. The lowest BCUT2D eigenvalue weighted by Gasteiger charge is -2.27. The fourth-order valence-corrected chi connectivity index (χ4v) is 4.29. The number of carbonyl (C=O) groups is 2. The zero-order valence-corrected chi connectivity index (χ0v) is 14.1. The van der Waals surface area contributed by atoms with Crippen LogP contribution in [0.3, 0.4) is 0 Å². The van der Waals surface area contributed by atoms with Crippen molar-refractivity contribution in [3.63, 3.8) is 0 Å². The zero-order chi connectivity index (χ0) is 17.1. The van der Waals surface area contributed by atoms with Crippen molar-refractivity contribution in [2.45, 2.75) is 69.4 Å². The molecule has 8 heteroatoms. The van der Waals surface area contributed by atoms with Crippen LogP contribution in [-0.4, -0.2) is 65.0 Å². The number of likely N-dealkylation sites (tertiary alicyclic amines) is 1. The first-order valence-corrected chi connectivity index (χ1v) is 9.26. The highest BCUT2D eigenvalue weighted by molar-refractivity contribution is 6.43. The monoisotopic (exact) mass is 337 g/mol. The van der Waals surface area contributed by atoms with Crippen LogP contribution in [0.2, 0.25) is 0 Å². The molecule has 24 heavy (non-hydrogen) atoms. The number of hydrogen-bond acceptors (Lipinski definition) is 5. The van der Waals surface area contributed by atoms with Gasteiger partial charge in [-0.15, -0.1) is 0 Å². The molecule has 0 radical (unpaired) electrons. The fraction of sp³-hybridized carbons (Fsp3) is 0.875. The summed E-state index contributed by atoms with van der Waals surface area (Å²) in [5.74, 6) is -0.337. The molecule has 1 aliphatic carbocycles. The van der Waals surface area contributed by atoms with E-state index in [9.17, 15) is 19.6 Å². The van der Waals surface area contributed by atoms with Gasteiger partial charge in [0, 0.05) is 25.0 Å². The summed E-state index contributed by atoms with van der Waals surface area (Å²) in [7, 11) is -1.49. The molecule has 0 spiro atoms. The highest BCUT2D eigenvalue weighted by Gasteiger charge is 2.41. The minimum Gasteiger partial charge on any atom is -0.426 e. The Kier molecular flexibility index (Phi) is 5.78. The van der Waals surface area contributed by atoms with Crippen LogP contribution in [0.4, 0.5) is 0 Å². The van der Waals surface area contributed by atoms with Gasteiger partial charge in [0.05, 0.1) is 12.0 Å². The number of nitrogens with one attached hydrogen (secondary N) is 2. The Morgan fingerprint density at radius 2 is 1.83 bits per heavy atom. The summed E-state index contributed by atoms with van der Waals surface area (Å²) in [6, 6.07) is -0.366. The predicted octanol–water partition coefficient (Wildman–Crippen LogP) is -0.584. The molecule has 2 heterocycles. The number of amides is 2. The van der Waals surface area contributed by atoms with Gasteiger partial charge in [-0.3, -0.25) is 9.59 Å². The molecule has 3 fully saturated rings. The molecule has 3 rings (SSSR count). The number of hydrogen-bond donors (Lipinski definition) is 4. The van der Waals surface area contributed by atoms with Gasteiger partial charge >= 0.3 is 7.12 Å². The molecule has 134 valence electrons. The van der Waals surface area contributed by atoms with E-state index in [0.29, 0.717) is 25.9 Å². The van der Waals surface area contributed by atoms with E-state index in [1.807, 2.05) is 0 Å². The van der Waals surface area contributed by atoms with Crippen LogP contribution in [0.15, 0.2) is 0 Å². The van der Waals surface area contributed by atoms with Crippen molar-refractivity contribution in [1.82, 2.24) is 15.5 Å². The minimum absolute atomic E-state index is 0.0199. The lowest BCUT2D eigenvalue weighted by molar-refractivity contribution is -0.133. The summed E-state index contributed by atoms with van der Waals surface area (Å²) in [5, 5.41) is 25.1. The van der Waals surface area contributed by atoms with Crippen molar-refractivity contribution >= 4 is 18.9 Å². The second-order valence-corrected chi connectivity index (χ2v) is 7.39. The maximum Gasteiger partial charge on any atom is 0.475 e. The molecule has 3 atom stereocenters. The quantitative estimate of drug-likeness (QED) is 0.514. The normalized spacial score (nSPS) is 31.2. The Hall–Kier alpha value is -1.12. The van der Waals surface area contributed by atoms with E-state index < -0.39 is 13.1 Å². The van der Waals surface area contributed by atoms with Crippen molar-refractivity contribution in [3.05, 3.63) is 0 Å². The van der Waals surface area contributed by atoms with Crippen LogP contribution in [0.25, 0.3) is 0 Å². The topological polar surface area (TPSA) is 102 Å². The maximum absolute atomic E-state index is 12.6. The highest BCUT2D eigenvalue weighted by Crippen LogP contribution is 2.25. The summed E-state index contributed by atoms with van der Waals surface area (Å²) in [6.45, 7) is 1.16. The molecule has 0 aromatic carbocycles. The molecule has 2 amide bonds. The van der Waals surface area contributed by atoms with Crippen LogP contribution in [0, 0.1) is 5.92 Å². The lowest BCUT2D eigenvalue weighted by Crippen LogP contribution is -2.51. The van der Waals surface area contributed by atoms with E-state index >= 15 is 0 Å².